The Hall–Kier alpha value is -2.65. The number of amides is 1. The Balaban J connectivity index is 1.67. The predicted molar refractivity (Wildman–Crippen MR) is 104 cm³/mol. The number of pyridine rings is 1. The van der Waals surface area contributed by atoms with Crippen molar-refractivity contribution in [1.29, 1.82) is 0 Å². The molecule has 0 bridgehead atoms. The molecule has 1 aliphatic rings. The van der Waals surface area contributed by atoms with Gasteiger partial charge in [-0.2, -0.15) is 0 Å². The quantitative estimate of drug-likeness (QED) is 0.645. The summed E-state index contributed by atoms with van der Waals surface area (Å²) in [6.07, 6.45) is 4.47. The molecule has 0 radical (unpaired) electrons. The van der Waals surface area contributed by atoms with Crippen LogP contribution in [0.2, 0.25) is 5.02 Å². The van der Waals surface area contributed by atoms with E-state index in [0.717, 1.165) is 39.8 Å². The topological polar surface area (TPSA) is 33.2 Å². The van der Waals surface area contributed by atoms with Crippen LogP contribution in [0.4, 0.5) is 0 Å². The predicted octanol–water partition coefficient (Wildman–Crippen LogP) is 5.12. The third-order valence-electron chi connectivity index (χ3n) is 4.83. The lowest BCUT2D eigenvalue weighted by Gasteiger charge is -2.15. The van der Waals surface area contributed by atoms with Crippen molar-refractivity contribution in [3.8, 4) is 11.1 Å². The first kappa shape index (κ1) is 16.8. The lowest BCUT2D eigenvalue weighted by Crippen LogP contribution is -2.23. The number of hydrogen-bond acceptors (Lipinski definition) is 2. The van der Waals surface area contributed by atoms with Crippen LogP contribution in [0.1, 0.15) is 34.0 Å². The van der Waals surface area contributed by atoms with Crippen LogP contribution in [0, 0.1) is 0 Å². The van der Waals surface area contributed by atoms with Crippen molar-refractivity contribution in [3.05, 3.63) is 88.2 Å². The Bertz CT molecular complexity index is 952. The molecule has 0 aliphatic carbocycles. The van der Waals surface area contributed by atoms with Gasteiger partial charge < -0.3 is 4.90 Å². The molecular weight excluding hydrogens is 344 g/mol. The van der Waals surface area contributed by atoms with E-state index in [9.17, 15) is 4.79 Å². The van der Waals surface area contributed by atoms with Gasteiger partial charge in [-0.15, -0.1) is 0 Å². The molecule has 2 aromatic carbocycles. The van der Waals surface area contributed by atoms with Crippen molar-refractivity contribution in [3.63, 3.8) is 0 Å². The second-order valence-electron chi connectivity index (χ2n) is 6.55. The highest BCUT2D eigenvalue weighted by molar-refractivity contribution is 6.30. The number of carbonyl (C=O) groups excluding carboxylic acids is 1. The molecule has 0 N–H and O–H groups in total. The van der Waals surface area contributed by atoms with Crippen LogP contribution in [-0.2, 0) is 19.5 Å². The molecule has 0 fully saturated rings. The van der Waals surface area contributed by atoms with E-state index in [1.165, 1.54) is 0 Å². The molecule has 1 aromatic heterocycles. The maximum atomic E-state index is 13.0. The number of rotatable bonds is 4. The first-order chi connectivity index (χ1) is 12.7. The second-order valence-corrected chi connectivity index (χ2v) is 6.99. The standard InChI is InChI=1S/C22H19ClN2O/c1-2-16-10-18(17-4-3-9-24-12-17)11-19-14-25(22(26)21(16)19)13-15-5-7-20(23)8-6-15/h3-12H,2,13-14H2,1H3. The smallest absolute Gasteiger partial charge is 0.255 e. The molecule has 1 aliphatic heterocycles. The number of nitrogens with zero attached hydrogens (tertiary/aromatic N) is 2. The highest BCUT2D eigenvalue weighted by Gasteiger charge is 2.30. The molecule has 4 rings (SSSR count). The number of halogens is 1. The second kappa shape index (κ2) is 6.93. The zero-order chi connectivity index (χ0) is 18.1. The highest BCUT2D eigenvalue weighted by Crippen LogP contribution is 2.32. The molecule has 3 nitrogen and oxygen atoms in total. The summed E-state index contributed by atoms with van der Waals surface area (Å²) in [6.45, 7) is 3.33. The van der Waals surface area contributed by atoms with E-state index >= 15 is 0 Å². The van der Waals surface area contributed by atoms with Crippen LogP contribution >= 0.6 is 11.6 Å². The van der Waals surface area contributed by atoms with Crippen molar-refractivity contribution in [1.82, 2.24) is 9.88 Å². The highest BCUT2D eigenvalue weighted by atomic mass is 35.5. The molecule has 1 amide bonds. The molecule has 0 saturated carbocycles. The summed E-state index contributed by atoms with van der Waals surface area (Å²) in [5.74, 6) is 0.115. The fourth-order valence-corrected chi connectivity index (χ4v) is 3.65. The molecule has 130 valence electrons. The lowest BCUT2D eigenvalue weighted by atomic mass is 9.95. The summed E-state index contributed by atoms with van der Waals surface area (Å²) >= 11 is 5.96. The van der Waals surface area contributed by atoms with E-state index in [1.807, 2.05) is 41.4 Å². The van der Waals surface area contributed by atoms with Crippen LogP contribution in [0.25, 0.3) is 11.1 Å². The first-order valence-electron chi connectivity index (χ1n) is 8.75. The largest absolute Gasteiger partial charge is 0.330 e. The fraction of sp³-hybridized carbons (Fsp3) is 0.182. The van der Waals surface area contributed by atoms with Crippen LogP contribution in [0.5, 0.6) is 0 Å². The molecule has 0 spiro atoms. The number of fused-ring (bicyclic) bond motifs is 1. The van der Waals surface area contributed by atoms with Gasteiger partial charge in [0.15, 0.2) is 0 Å². The molecule has 2 heterocycles. The lowest BCUT2D eigenvalue weighted by molar-refractivity contribution is 0.0766. The maximum absolute atomic E-state index is 13.0. The van der Waals surface area contributed by atoms with Gasteiger partial charge in [-0.05, 0) is 52.9 Å². The van der Waals surface area contributed by atoms with E-state index in [0.29, 0.717) is 18.1 Å². The summed E-state index contributed by atoms with van der Waals surface area (Å²) in [5, 5.41) is 0.708. The van der Waals surface area contributed by atoms with Crippen molar-refractivity contribution >= 4 is 17.5 Å². The van der Waals surface area contributed by atoms with E-state index < -0.39 is 0 Å². The van der Waals surface area contributed by atoms with Gasteiger partial charge in [0.1, 0.15) is 0 Å². The van der Waals surface area contributed by atoms with Crippen molar-refractivity contribution in [2.75, 3.05) is 0 Å². The molecule has 0 saturated heterocycles. The zero-order valence-corrected chi connectivity index (χ0v) is 15.3. The van der Waals surface area contributed by atoms with Crippen molar-refractivity contribution in [2.24, 2.45) is 0 Å². The maximum Gasteiger partial charge on any atom is 0.255 e. The van der Waals surface area contributed by atoms with Gasteiger partial charge >= 0.3 is 0 Å². The minimum atomic E-state index is 0.115. The molecule has 26 heavy (non-hydrogen) atoms. The fourth-order valence-electron chi connectivity index (χ4n) is 3.52. The van der Waals surface area contributed by atoms with Gasteiger partial charge in [0.05, 0.1) is 0 Å². The third kappa shape index (κ3) is 3.11. The zero-order valence-electron chi connectivity index (χ0n) is 14.6. The summed E-state index contributed by atoms with van der Waals surface area (Å²) in [7, 11) is 0. The molecule has 0 atom stereocenters. The molecular formula is C22H19ClN2O. The SMILES string of the molecule is CCc1cc(-c2cccnc2)cc2c1C(=O)N(Cc1ccc(Cl)cc1)C2. The van der Waals surface area contributed by atoms with Crippen molar-refractivity contribution in [2.45, 2.75) is 26.4 Å². The Morgan fingerprint density at radius 3 is 2.62 bits per heavy atom. The minimum absolute atomic E-state index is 0.115. The van der Waals surface area contributed by atoms with Gasteiger partial charge in [-0.1, -0.05) is 42.8 Å². The number of carbonyl (C=O) groups is 1. The summed E-state index contributed by atoms with van der Waals surface area (Å²) < 4.78 is 0. The average Bonchev–Trinajstić information content (AvgIpc) is 2.99. The number of aryl methyl sites for hydroxylation is 1. The number of hydrogen-bond donors (Lipinski definition) is 0. The number of aromatic nitrogens is 1. The Morgan fingerprint density at radius 1 is 1.12 bits per heavy atom. The van der Waals surface area contributed by atoms with Gasteiger partial charge in [0.2, 0.25) is 0 Å². The van der Waals surface area contributed by atoms with Crippen LogP contribution < -0.4 is 0 Å². The first-order valence-corrected chi connectivity index (χ1v) is 9.13. The van der Waals surface area contributed by atoms with Crippen LogP contribution in [-0.4, -0.2) is 15.8 Å². The van der Waals surface area contributed by atoms with E-state index in [1.54, 1.807) is 6.20 Å². The number of benzene rings is 2. The molecule has 4 heteroatoms. The minimum Gasteiger partial charge on any atom is -0.330 e. The van der Waals surface area contributed by atoms with E-state index in [2.05, 4.69) is 30.1 Å². The molecule has 0 unspecified atom stereocenters. The average molecular weight is 363 g/mol. The van der Waals surface area contributed by atoms with E-state index in [-0.39, 0.29) is 5.91 Å². The summed E-state index contributed by atoms with van der Waals surface area (Å²) in [5.41, 5.74) is 6.35. The Labute approximate surface area is 158 Å². The van der Waals surface area contributed by atoms with Gasteiger partial charge in [-0.25, -0.2) is 0 Å². The van der Waals surface area contributed by atoms with Crippen LogP contribution in [0.15, 0.2) is 60.9 Å². The molecule has 3 aromatic rings. The van der Waals surface area contributed by atoms with Crippen molar-refractivity contribution < 1.29 is 4.79 Å². The van der Waals surface area contributed by atoms with Gasteiger partial charge in [0, 0.05) is 41.6 Å². The monoisotopic (exact) mass is 362 g/mol. The Morgan fingerprint density at radius 2 is 1.92 bits per heavy atom. The normalized spacial score (nSPS) is 13.2. The summed E-state index contributed by atoms with van der Waals surface area (Å²) in [6, 6.07) is 15.9. The van der Waals surface area contributed by atoms with Gasteiger partial charge in [0.25, 0.3) is 5.91 Å². The van der Waals surface area contributed by atoms with Gasteiger partial charge in [-0.3, -0.25) is 9.78 Å². The Kier molecular flexibility index (Phi) is 4.48. The third-order valence-corrected chi connectivity index (χ3v) is 5.08. The summed E-state index contributed by atoms with van der Waals surface area (Å²) in [4.78, 5) is 19.1. The van der Waals surface area contributed by atoms with E-state index in [4.69, 9.17) is 11.6 Å². The van der Waals surface area contributed by atoms with Crippen LogP contribution in [0.3, 0.4) is 0 Å².